The molecule has 0 bridgehead atoms. The van der Waals surface area contributed by atoms with Gasteiger partial charge in [0.1, 0.15) is 0 Å². The molecule has 0 amide bonds. The minimum atomic E-state index is -0.191. The van der Waals surface area contributed by atoms with Crippen LogP contribution in [0.2, 0.25) is 0 Å². The Hall–Kier alpha value is -0.320. The molecule has 3 heteroatoms. The average molecular weight is 321 g/mol. The molecule has 0 aromatic heterocycles. The van der Waals surface area contributed by atoms with Crippen LogP contribution in [0.1, 0.15) is 25.7 Å². The molecule has 1 nitrogen and oxygen atoms in total. The quantitative estimate of drug-likeness (QED) is 0.564. The second kappa shape index (κ2) is 5.14. The van der Waals surface area contributed by atoms with E-state index in [1.54, 1.807) is 0 Å². The predicted molar refractivity (Wildman–Crippen MR) is 53.9 cm³/mol. The van der Waals surface area contributed by atoms with Crippen molar-refractivity contribution in [2.45, 2.75) is 31.8 Å². The van der Waals surface area contributed by atoms with Gasteiger partial charge in [-0.3, -0.25) is 0 Å². The molecule has 0 atom stereocenters. The molecule has 0 aliphatic heterocycles. The second-order valence-corrected chi connectivity index (χ2v) is 6.03. The van der Waals surface area contributed by atoms with E-state index in [1.165, 1.54) is 28.5 Å². The Morgan fingerprint density at radius 1 is 1.33 bits per heavy atom. The normalized spacial score (nSPS) is 17.2. The first kappa shape index (κ1) is 11.2. The molecule has 1 aromatic rings. The van der Waals surface area contributed by atoms with Crippen molar-refractivity contribution in [3.8, 4) is 5.75 Å². The maximum atomic E-state index is 13.1. The summed E-state index contributed by atoms with van der Waals surface area (Å²) in [7, 11) is 0. The first-order chi connectivity index (χ1) is 7.29. The fraction of sp³-hybridized carbons (Fsp3) is 0.500. The van der Waals surface area contributed by atoms with E-state index in [2.05, 4.69) is 4.93 Å². The van der Waals surface area contributed by atoms with Crippen LogP contribution in [0.4, 0.5) is 4.39 Å². The van der Waals surface area contributed by atoms with E-state index in [9.17, 15) is 4.39 Å². The van der Waals surface area contributed by atoms with Crippen LogP contribution in [0, 0.1) is 9.39 Å². The molecule has 0 unspecified atom stereocenters. The van der Waals surface area contributed by atoms with Gasteiger partial charge in [0.2, 0.25) is 0 Å². The number of benzene rings is 1. The Balaban J connectivity index is 2.14. The van der Waals surface area contributed by atoms with Crippen molar-refractivity contribution < 1.29 is 30.3 Å². The van der Waals surface area contributed by atoms with Crippen LogP contribution in [0.5, 0.6) is 5.75 Å². The summed E-state index contributed by atoms with van der Waals surface area (Å²) in [5, 5.41) is 0. The monoisotopic (exact) mass is 321 g/mol. The van der Waals surface area contributed by atoms with Gasteiger partial charge in [-0.05, 0) is 0 Å². The second-order valence-electron chi connectivity index (χ2n) is 3.79. The number of hydrogen-bond acceptors (Lipinski definition) is 1. The molecule has 1 fully saturated rings. The third-order valence-corrected chi connectivity index (χ3v) is 4.75. The summed E-state index contributed by atoms with van der Waals surface area (Å²) in [6.45, 7) is 0. The molecule has 0 heterocycles. The predicted octanol–water partition coefficient (Wildman–Crippen LogP) is 0.0355. The first-order valence-electron chi connectivity index (χ1n) is 5.25. The number of halogens is 2. The van der Waals surface area contributed by atoms with Gasteiger partial charge < -0.3 is 0 Å². The van der Waals surface area contributed by atoms with Crippen molar-refractivity contribution >= 4 is 0 Å². The van der Waals surface area contributed by atoms with Crippen LogP contribution in [0.3, 0.4) is 0 Å². The van der Waals surface area contributed by atoms with E-state index in [0.29, 0.717) is 6.10 Å². The van der Waals surface area contributed by atoms with Crippen molar-refractivity contribution in [3.05, 3.63) is 27.6 Å². The van der Waals surface area contributed by atoms with Crippen molar-refractivity contribution in [1.82, 2.24) is 0 Å². The summed E-state index contributed by atoms with van der Waals surface area (Å²) >= 11 is -0.0389. The van der Waals surface area contributed by atoms with Crippen LogP contribution < -0.4 is 25.9 Å². The molecule has 0 saturated heterocycles. The molecule has 2 rings (SSSR count). The molecule has 1 saturated carbocycles. The minimum absolute atomic E-state index is 0.0389. The maximum absolute atomic E-state index is 13.1. The summed E-state index contributed by atoms with van der Waals surface area (Å²) in [5.41, 5.74) is 0. The molecular weight excluding hydrogens is 306 g/mol. The molecule has 15 heavy (non-hydrogen) atoms. The average Bonchev–Trinajstić information content (AvgIpc) is 2.71. The number of hydrogen-bond donors (Lipinski definition) is 0. The van der Waals surface area contributed by atoms with Crippen LogP contribution in [0.25, 0.3) is 0 Å². The van der Waals surface area contributed by atoms with Crippen LogP contribution in [-0.2, 0) is 0 Å². The summed E-state index contributed by atoms with van der Waals surface area (Å²) in [5.74, 6) is 0.599. The van der Waals surface area contributed by atoms with Crippen LogP contribution in [0.15, 0.2) is 18.2 Å². The van der Waals surface area contributed by atoms with E-state index < -0.39 is 0 Å². The van der Waals surface area contributed by atoms with Gasteiger partial charge in [0.25, 0.3) is 0 Å². The summed E-state index contributed by atoms with van der Waals surface area (Å²) in [4.78, 5) is 2.17. The van der Waals surface area contributed by atoms with Gasteiger partial charge in [0, 0.05) is 0 Å². The molecule has 1 aliphatic carbocycles. The molecule has 1 aliphatic rings. The Bertz CT molecular complexity index is 334. The van der Waals surface area contributed by atoms with Gasteiger partial charge in [0.15, 0.2) is 0 Å². The van der Waals surface area contributed by atoms with E-state index in [4.69, 9.17) is 4.74 Å². The zero-order chi connectivity index (χ0) is 10.7. The summed E-state index contributed by atoms with van der Waals surface area (Å²) in [6.07, 6.45) is 5.06. The number of ether oxygens (including phenoxy) is 1. The van der Waals surface area contributed by atoms with Crippen LogP contribution in [-0.4, -0.2) is 11.0 Å². The van der Waals surface area contributed by atoms with Gasteiger partial charge in [0.05, 0.1) is 0 Å². The van der Waals surface area contributed by atoms with E-state index in [0.717, 1.165) is 18.6 Å². The zero-order valence-corrected chi connectivity index (χ0v) is 11.0. The molecule has 0 N–H and O–H groups in total. The van der Waals surface area contributed by atoms with Crippen molar-refractivity contribution in [2.24, 2.45) is 0 Å². The number of rotatable bonds is 3. The zero-order valence-electron chi connectivity index (χ0n) is 8.80. The molecular formula is C12H15FIO-. The Kier molecular flexibility index (Phi) is 3.83. The fourth-order valence-electron chi connectivity index (χ4n) is 1.91. The van der Waals surface area contributed by atoms with Gasteiger partial charge in [-0.1, -0.05) is 0 Å². The molecule has 84 valence electrons. The SMILES string of the molecule is C[I-]c1ccc(F)cc1OC1CCCC1. The van der Waals surface area contributed by atoms with Crippen molar-refractivity contribution in [3.63, 3.8) is 0 Å². The Morgan fingerprint density at radius 2 is 2.07 bits per heavy atom. The van der Waals surface area contributed by atoms with Crippen molar-refractivity contribution in [1.29, 1.82) is 0 Å². The third kappa shape index (κ3) is 2.83. The Labute approximate surface area is 100 Å². The summed E-state index contributed by atoms with van der Waals surface area (Å²) < 4.78 is 20.2. The van der Waals surface area contributed by atoms with Gasteiger partial charge in [-0.15, -0.1) is 0 Å². The molecule has 0 spiro atoms. The fourth-order valence-corrected chi connectivity index (χ4v) is 3.26. The van der Waals surface area contributed by atoms with Crippen LogP contribution >= 0.6 is 0 Å². The topological polar surface area (TPSA) is 9.23 Å². The van der Waals surface area contributed by atoms with Gasteiger partial charge in [-0.2, -0.15) is 0 Å². The van der Waals surface area contributed by atoms with Gasteiger partial charge >= 0.3 is 100 Å². The van der Waals surface area contributed by atoms with Gasteiger partial charge in [-0.25, -0.2) is 0 Å². The van der Waals surface area contributed by atoms with E-state index >= 15 is 0 Å². The third-order valence-electron chi connectivity index (χ3n) is 2.69. The molecule has 0 radical (unpaired) electrons. The summed E-state index contributed by atoms with van der Waals surface area (Å²) in [6, 6.07) is 4.93. The Morgan fingerprint density at radius 3 is 2.73 bits per heavy atom. The van der Waals surface area contributed by atoms with E-state index in [1.807, 2.05) is 6.07 Å². The van der Waals surface area contributed by atoms with E-state index in [-0.39, 0.29) is 27.0 Å². The first-order valence-corrected chi connectivity index (χ1v) is 8.49. The van der Waals surface area contributed by atoms with Crippen molar-refractivity contribution in [2.75, 3.05) is 4.93 Å². The standard InChI is InChI=1S/C12H15FIO/c1-14-11-7-6-9(13)8-12(11)15-10-4-2-3-5-10/h6-8,10H,2-5H2,1H3/q-1. The molecule has 1 aromatic carbocycles. The number of alkyl halides is 1.